The van der Waals surface area contributed by atoms with E-state index in [0.29, 0.717) is 13.1 Å². The van der Waals surface area contributed by atoms with Gasteiger partial charge in [0, 0.05) is 25.4 Å². The molecule has 14 heavy (non-hydrogen) atoms. The molecule has 0 aromatic rings. The van der Waals surface area contributed by atoms with Crippen LogP contribution in [0, 0.1) is 5.41 Å². The van der Waals surface area contributed by atoms with E-state index in [4.69, 9.17) is 0 Å². The molecule has 0 saturated carbocycles. The fraction of sp³-hybridized carbons (Fsp3) is 0.800. The van der Waals surface area contributed by atoms with Gasteiger partial charge in [-0.1, -0.05) is 20.8 Å². The van der Waals surface area contributed by atoms with Crippen molar-refractivity contribution in [2.75, 3.05) is 20.1 Å². The SMILES string of the molecule is CNCCN(C(C)=O)C(=O)C(C)(C)C. The molecule has 4 heteroatoms. The molecule has 0 radical (unpaired) electrons. The topological polar surface area (TPSA) is 49.4 Å². The number of hydrogen-bond acceptors (Lipinski definition) is 3. The van der Waals surface area contributed by atoms with Crippen molar-refractivity contribution in [3.05, 3.63) is 0 Å². The van der Waals surface area contributed by atoms with Crippen LogP contribution in [0.25, 0.3) is 0 Å². The predicted molar refractivity (Wildman–Crippen MR) is 55.8 cm³/mol. The van der Waals surface area contributed by atoms with Crippen molar-refractivity contribution < 1.29 is 9.59 Å². The maximum Gasteiger partial charge on any atom is 0.234 e. The van der Waals surface area contributed by atoms with Gasteiger partial charge in [0.05, 0.1) is 0 Å². The van der Waals surface area contributed by atoms with Crippen LogP contribution < -0.4 is 5.32 Å². The van der Waals surface area contributed by atoms with E-state index in [1.807, 2.05) is 20.8 Å². The minimum Gasteiger partial charge on any atom is -0.318 e. The van der Waals surface area contributed by atoms with Crippen molar-refractivity contribution in [3.8, 4) is 0 Å². The molecule has 0 aromatic carbocycles. The van der Waals surface area contributed by atoms with E-state index in [0.717, 1.165) is 0 Å². The molecule has 0 bridgehead atoms. The first kappa shape index (κ1) is 13.1. The lowest BCUT2D eigenvalue weighted by Crippen LogP contribution is -2.45. The summed E-state index contributed by atoms with van der Waals surface area (Å²) in [7, 11) is 1.79. The van der Waals surface area contributed by atoms with Crippen LogP contribution in [-0.2, 0) is 9.59 Å². The summed E-state index contributed by atoms with van der Waals surface area (Å²) in [6.45, 7) is 7.91. The third kappa shape index (κ3) is 3.87. The van der Waals surface area contributed by atoms with Crippen LogP contribution >= 0.6 is 0 Å². The van der Waals surface area contributed by atoms with E-state index >= 15 is 0 Å². The monoisotopic (exact) mass is 200 g/mol. The number of imide groups is 1. The largest absolute Gasteiger partial charge is 0.318 e. The summed E-state index contributed by atoms with van der Waals surface area (Å²) in [6, 6.07) is 0. The molecule has 0 aliphatic carbocycles. The molecular weight excluding hydrogens is 180 g/mol. The highest BCUT2D eigenvalue weighted by Crippen LogP contribution is 2.17. The Morgan fingerprint density at radius 1 is 1.29 bits per heavy atom. The number of likely N-dealkylation sites (N-methyl/N-ethyl adjacent to an activating group) is 1. The molecule has 4 nitrogen and oxygen atoms in total. The number of hydrogen-bond donors (Lipinski definition) is 1. The van der Waals surface area contributed by atoms with Crippen molar-refractivity contribution in [1.29, 1.82) is 0 Å². The standard InChI is InChI=1S/C10H20N2O2/c1-8(13)12(7-6-11-5)9(14)10(2,3)4/h11H,6-7H2,1-5H3. The van der Waals surface area contributed by atoms with Gasteiger partial charge in [0.2, 0.25) is 11.8 Å². The molecule has 0 aliphatic rings. The summed E-state index contributed by atoms with van der Waals surface area (Å²) < 4.78 is 0. The molecule has 0 fully saturated rings. The average molecular weight is 200 g/mol. The maximum absolute atomic E-state index is 11.8. The van der Waals surface area contributed by atoms with Crippen LogP contribution in [0.3, 0.4) is 0 Å². The zero-order valence-corrected chi connectivity index (χ0v) is 9.68. The number of carbonyl (C=O) groups excluding carboxylic acids is 2. The highest BCUT2D eigenvalue weighted by molar-refractivity contribution is 5.96. The van der Waals surface area contributed by atoms with E-state index in [1.165, 1.54) is 11.8 Å². The van der Waals surface area contributed by atoms with Gasteiger partial charge in [-0.05, 0) is 7.05 Å². The van der Waals surface area contributed by atoms with Crippen LogP contribution in [0.4, 0.5) is 0 Å². The van der Waals surface area contributed by atoms with Gasteiger partial charge in [0.1, 0.15) is 0 Å². The van der Waals surface area contributed by atoms with E-state index in [1.54, 1.807) is 7.05 Å². The third-order valence-electron chi connectivity index (χ3n) is 1.85. The molecule has 0 unspecified atom stereocenters. The second-order valence-electron chi connectivity index (χ2n) is 4.33. The average Bonchev–Trinajstić information content (AvgIpc) is 2.02. The Bertz CT molecular complexity index is 219. The number of carbonyl (C=O) groups is 2. The second-order valence-corrected chi connectivity index (χ2v) is 4.33. The summed E-state index contributed by atoms with van der Waals surface area (Å²) in [5, 5.41) is 2.91. The van der Waals surface area contributed by atoms with Crippen molar-refractivity contribution >= 4 is 11.8 Å². The predicted octanol–water partition coefficient (Wildman–Crippen LogP) is 0.627. The summed E-state index contributed by atoms with van der Waals surface area (Å²) in [6.07, 6.45) is 0. The van der Waals surface area contributed by atoms with Crippen molar-refractivity contribution in [2.45, 2.75) is 27.7 Å². The van der Waals surface area contributed by atoms with E-state index in [-0.39, 0.29) is 11.8 Å². The lowest BCUT2D eigenvalue weighted by Gasteiger charge is -2.26. The van der Waals surface area contributed by atoms with Crippen LogP contribution in [-0.4, -0.2) is 36.9 Å². The lowest BCUT2D eigenvalue weighted by atomic mass is 9.94. The third-order valence-corrected chi connectivity index (χ3v) is 1.85. The Hall–Kier alpha value is -0.900. The molecule has 2 amide bonds. The van der Waals surface area contributed by atoms with Gasteiger partial charge in [-0.15, -0.1) is 0 Å². The molecule has 0 rings (SSSR count). The second kappa shape index (κ2) is 5.10. The molecule has 1 N–H and O–H groups in total. The summed E-state index contributed by atoms with van der Waals surface area (Å²) in [5.41, 5.74) is -0.501. The number of amides is 2. The maximum atomic E-state index is 11.8. The first-order chi connectivity index (χ1) is 6.30. The fourth-order valence-electron chi connectivity index (χ4n) is 1.03. The molecule has 0 aliphatic heterocycles. The number of rotatable bonds is 3. The molecule has 0 atom stereocenters. The summed E-state index contributed by atoms with van der Waals surface area (Å²) in [4.78, 5) is 24.3. The van der Waals surface area contributed by atoms with Gasteiger partial charge in [0.25, 0.3) is 0 Å². The Labute approximate surface area is 85.7 Å². The Morgan fingerprint density at radius 2 is 1.79 bits per heavy atom. The molecule has 0 heterocycles. The van der Waals surface area contributed by atoms with E-state index in [9.17, 15) is 9.59 Å². The zero-order valence-electron chi connectivity index (χ0n) is 9.68. The lowest BCUT2D eigenvalue weighted by molar-refractivity contribution is -0.148. The highest BCUT2D eigenvalue weighted by atomic mass is 16.2. The smallest absolute Gasteiger partial charge is 0.234 e. The van der Waals surface area contributed by atoms with Crippen LogP contribution in [0.1, 0.15) is 27.7 Å². The minimum absolute atomic E-state index is 0.125. The first-order valence-electron chi connectivity index (χ1n) is 4.78. The molecule has 0 saturated heterocycles. The Balaban J connectivity index is 4.50. The van der Waals surface area contributed by atoms with Gasteiger partial charge in [-0.2, -0.15) is 0 Å². The Kier molecular flexibility index (Phi) is 4.77. The summed E-state index contributed by atoms with van der Waals surface area (Å²) >= 11 is 0. The van der Waals surface area contributed by atoms with Gasteiger partial charge in [-0.3, -0.25) is 14.5 Å². The van der Waals surface area contributed by atoms with E-state index in [2.05, 4.69) is 5.32 Å². The minimum atomic E-state index is -0.501. The molecule has 0 aromatic heterocycles. The van der Waals surface area contributed by atoms with Gasteiger partial charge in [-0.25, -0.2) is 0 Å². The van der Waals surface area contributed by atoms with Crippen molar-refractivity contribution in [2.24, 2.45) is 5.41 Å². The molecular formula is C10H20N2O2. The number of nitrogens with one attached hydrogen (secondary N) is 1. The van der Waals surface area contributed by atoms with Crippen molar-refractivity contribution in [3.63, 3.8) is 0 Å². The summed E-state index contributed by atoms with van der Waals surface area (Å²) in [5.74, 6) is -0.319. The Morgan fingerprint density at radius 3 is 2.07 bits per heavy atom. The quantitative estimate of drug-likeness (QED) is 0.727. The van der Waals surface area contributed by atoms with E-state index < -0.39 is 5.41 Å². The van der Waals surface area contributed by atoms with Gasteiger partial charge in [0.15, 0.2) is 0 Å². The molecule has 0 spiro atoms. The van der Waals surface area contributed by atoms with Crippen LogP contribution in [0.2, 0.25) is 0 Å². The van der Waals surface area contributed by atoms with Gasteiger partial charge < -0.3 is 5.32 Å². The van der Waals surface area contributed by atoms with Crippen LogP contribution in [0.5, 0.6) is 0 Å². The first-order valence-corrected chi connectivity index (χ1v) is 4.78. The normalized spacial score (nSPS) is 11.2. The fourth-order valence-corrected chi connectivity index (χ4v) is 1.03. The van der Waals surface area contributed by atoms with Gasteiger partial charge >= 0.3 is 0 Å². The molecule has 82 valence electrons. The zero-order chi connectivity index (χ0) is 11.4. The van der Waals surface area contributed by atoms with Crippen molar-refractivity contribution in [1.82, 2.24) is 10.2 Å². The van der Waals surface area contributed by atoms with Crippen LogP contribution in [0.15, 0.2) is 0 Å². The highest BCUT2D eigenvalue weighted by Gasteiger charge is 2.28. The number of nitrogens with zero attached hydrogens (tertiary/aromatic N) is 1.